The molecule has 1 amide bonds. The first kappa shape index (κ1) is 38.3. The summed E-state index contributed by atoms with van der Waals surface area (Å²) in [4.78, 5) is 28.4. The average molecular weight is 605 g/mol. The van der Waals surface area contributed by atoms with Gasteiger partial charge in [-0.3, -0.25) is 14.6 Å². The van der Waals surface area contributed by atoms with Crippen molar-refractivity contribution in [3.8, 4) is 0 Å². The van der Waals surface area contributed by atoms with Gasteiger partial charge in [-0.15, -0.1) is 0 Å². The molecule has 4 unspecified atom stereocenters. The van der Waals surface area contributed by atoms with Gasteiger partial charge in [0, 0.05) is 26.7 Å². The molecule has 0 aromatic carbocycles. The van der Waals surface area contributed by atoms with E-state index >= 15 is 0 Å². The molecular weight excluding hydrogens is 557 g/mol. The Labute approximate surface area is 244 Å². The zero-order valence-electron chi connectivity index (χ0n) is 25.6. The summed E-state index contributed by atoms with van der Waals surface area (Å²) in [5.74, 6) is -3.23. The predicted octanol–water partition coefficient (Wildman–Crippen LogP) is 5.45. The summed E-state index contributed by atoms with van der Waals surface area (Å²) in [6.07, 6.45) is 6.30. The maximum atomic E-state index is 14.9. The Morgan fingerprint density at radius 3 is 2.44 bits per heavy atom. The molecule has 4 atom stereocenters. The number of nitrogens with one attached hydrogen (secondary N) is 2. The van der Waals surface area contributed by atoms with E-state index in [9.17, 15) is 18.4 Å². The van der Waals surface area contributed by atoms with Crippen molar-refractivity contribution in [2.75, 3.05) is 20.7 Å². The van der Waals surface area contributed by atoms with E-state index in [0.717, 1.165) is 0 Å². The summed E-state index contributed by atoms with van der Waals surface area (Å²) >= 11 is 0. The second kappa shape index (κ2) is 20.3. The molecule has 0 aliphatic carbocycles. The number of amides is 1. The van der Waals surface area contributed by atoms with Crippen molar-refractivity contribution in [3.63, 3.8) is 0 Å². The van der Waals surface area contributed by atoms with Crippen molar-refractivity contribution < 1.29 is 36.9 Å². The van der Waals surface area contributed by atoms with Gasteiger partial charge in [0.1, 0.15) is 17.6 Å². The molecule has 0 aromatic rings. The molecule has 13 heteroatoms. The van der Waals surface area contributed by atoms with Gasteiger partial charge in [0.15, 0.2) is 6.23 Å². The monoisotopic (exact) mass is 604 g/mol. The van der Waals surface area contributed by atoms with Crippen molar-refractivity contribution in [1.29, 1.82) is 0 Å². The molecule has 1 aliphatic heterocycles. The molecule has 1 rings (SSSR count). The molecule has 0 aromatic heterocycles. The van der Waals surface area contributed by atoms with Crippen LogP contribution in [0.4, 0.5) is 8.78 Å². The fraction of sp³-hybridized carbons (Fsp3) is 0.607. The Morgan fingerprint density at radius 2 is 1.93 bits per heavy atom. The van der Waals surface area contributed by atoms with Crippen molar-refractivity contribution in [2.24, 2.45) is 10.9 Å². The quantitative estimate of drug-likeness (QED) is 0.0455. The maximum absolute atomic E-state index is 14.9. The number of nitrogens with zero attached hydrogens (tertiary/aromatic N) is 2. The molecule has 1 fully saturated rings. The smallest absolute Gasteiger partial charge is 0.324 e. The van der Waals surface area contributed by atoms with Crippen LogP contribution >= 0.6 is 8.53 Å². The fourth-order valence-electron chi connectivity index (χ4n) is 3.37. The molecule has 1 saturated heterocycles. The molecule has 234 valence electrons. The van der Waals surface area contributed by atoms with Crippen molar-refractivity contribution in [1.82, 2.24) is 15.3 Å². The number of halogens is 2. The fourth-order valence-corrected chi connectivity index (χ4v) is 4.79. The number of amidine groups is 1. The Balaban J connectivity index is 0.00000781. The maximum Gasteiger partial charge on any atom is 0.324 e. The van der Waals surface area contributed by atoms with Gasteiger partial charge in [0.2, 0.25) is 6.41 Å². The number of esters is 1. The first-order valence-electron chi connectivity index (χ1n) is 13.5. The highest BCUT2D eigenvalue weighted by molar-refractivity contribution is 7.45. The number of rotatable bonds is 16. The Morgan fingerprint density at radius 1 is 1.27 bits per heavy atom. The molecule has 1 heterocycles. The van der Waals surface area contributed by atoms with Gasteiger partial charge in [0.05, 0.1) is 18.8 Å². The predicted molar refractivity (Wildman–Crippen MR) is 159 cm³/mol. The van der Waals surface area contributed by atoms with E-state index in [4.69, 9.17) is 18.5 Å². The molecule has 0 bridgehead atoms. The molecule has 1 aliphatic rings. The third kappa shape index (κ3) is 14.2. The molecule has 41 heavy (non-hydrogen) atoms. The number of alkyl halides is 2. The van der Waals surface area contributed by atoms with Gasteiger partial charge >= 0.3 is 14.5 Å². The van der Waals surface area contributed by atoms with Crippen molar-refractivity contribution >= 4 is 26.7 Å². The number of ether oxygens (including phenoxy) is 2. The Kier molecular flexibility index (Phi) is 18.9. The summed E-state index contributed by atoms with van der Waals surface area (Å²) in [6.45, 7) is 16.4. The highest BCUT2D eigenvalue weighted by Crippen LogP contribution is 2.42. The summed E-state index contributed by atoms with van der Waals surface area (Å²) in [5.41, 5.74) is 0. The summed E-state index contributed by atoms with van der Waals surface area (Å²) in [7, 11) is 0.908. The van der Waals surface area contributed by atoms with E-state index in [0.29, 0.717) is 12.2 Å². The zero-order chi connectivity index (χ0) is 31.6. The van der Waals surface area contributed by atoms with Gasteiger partial charge < -0.3 is 28.7 Å². The van der Waals surface area contributed by atoms with Crippen LogP contribution in [0.15, 0.2) is 53.9 Å². The summed E-state index contributed by atoms with van der Waals surface area (Å²) < 4.78 is 52.6. The number of carbonyl (C=O) groups excluding carboxylic acids is 2. The number of hydrogen-bond acceptors (Lipinski definition) is 9. The number of aliphatic imine (C=N–C) groups is 1. The van der Waals surface area contributed by atoms with E-state index in [1.165, 1.54) is 37.3 Å². The van der Waals surface area contributed by atoms with Crippen LogP contribution in [-0.2, 0) is 28.1 Å². The van der Waals surface area contributed by atoms with Crippen LogP contribution in [0.25, 0.3) is 0 Å². The topological polar surface area (TPSA) is 111 Å². The van der Waals surface area contributed by atoms with Crippen LogP contribution in [0.5, 0.6) is 0 Å². The van der Waals surface area contributed by atoms with Crippen LogP contribution < -0.4 is 10.4 Å². The number of carbonyl (C=O) groups is 2. The number of hydrogen-bond donors (Lipinski definition) is 2. The lowest BCUT2D eigenvalue weighted by atomic mass is 10.1. The summed E-state index contributed by atoms with van der Waals surface area (Å²) in [5, 5.41) is 5.42. The first-order valence-corrected chi connectivity index (χ1v) is 14.7. The minimum atomic E-state index is -3.19. The van der Waals surface area contributed by atoms with Gasteiger partial charge in [-0.25, -0.2) is 13.9 Å². The van der Waals surface area contributed by atoms with E-state index < -0.39 is 45.2 Å². The normalized spacial score (nSPS) is 20.5. The summed E-state index contributed by atoms with van der Waals surface area (Å²) in [6, 6.07) is -0.765. The molecular formula is C28H47F2N4O6P. The van der Waals surface area contributed by atoms with Gasteiger partial charge in [-0.05, 0) is 44.9 Å². The lowest BCUT2D eigenvalue weighted by Gasteiger charge is -2.28. The van der Waals surface area contributed by atoms with Crippen LogP contribution in [0.3, 0.4) is 0 Å². The third-order valence-corrected chi connectivity index (χ3v) is 6.41. The second-order valence-corrected chi connectivity index (χ2v) is 10.4. The molecule has 10 nitrogen and oxygen atoms in total. The van der Waals surface area contributed by atoms with Gasteiger partial charge in [-0.2, -0.15) is 0 Å². The molecule has 0 spiro atoms. The highest BCUT2D eigenvalue weighted by Gasteiger charge is 2.52. The van der Waals surface area contributed by atoms with Crippen LogP contribution in [0, 0.1) is 5.92 Å². The molecule has 2 N–H and O–H groups in total. The van der Waals surface area contributed by atoms with Crippen LogP contribution in [-0.4, -0.2) is 74.2 Å². The first-order chi connectivity index (χ1) is 19.4. The minimum Gasteiger partial charge on any atom is -0.462 e. The van der Waals surface area contributed by atoms with Crippen molar-refractivity contribution in [3.05, 3.63) is 48.9 Å². The Hall–Kier alpha value is -2.66. The number of allylic oxidation sites excluding steroid dienone is 4. The van der Waals surface area contributed by atoms with Crippen molar-refractivity contribution in [2.45, 2.75) is 85.3 Å². The zero-order valence-corrected chi connectivity index (χ0v) is 26.5. The average Bonchev–Trinajstić information content (AvgIpc) is 3.22. The Bertz CT molecular complexity index is 927. The van der Waals surface area contributed by atoms with E-state index in [2.05, 4.69) is 22.0 Å². The standard InChI is InChI=1S/C26H41F2N4O6P.C2H6/c1-9-11-20(12-10-2)38-39(31-23(18(3)4)24(34)36-19(5)6)35-16-21-15-26(27,28)25(37-21)32(8)14-13-22(29-7)30-17-33;1-2/h9-14,17-19,21,23,25,31H,1,15-16H2,2-8H3,(H,29,30,33);1-2H3/b12-10-,14-13-,20-11+;. The molecule has 0 radical (unpaired) electrons. The highest BCUT2D eigenvalue weighted by atomic mass is 31.2. The van der Waals surface area contributed by atoms with Gasteiger partial charge in [-0.1, -0.05) is 46.4 Å². The third-order valence-electron chi connectivity index (χ3n) is 5.16. The van der Waals surface area contributed by atoms with Crippen LogP contribution in [0.1, 0.15) is 54.9 Å². The second-order valence-electron chi connectivity index (χ2n) is 9.21. The van der Waals surface area contributed by atoms with E-state index in [-0.39, 0.29) is 24.5 Å². The minimum absolute atomic E-state index is 0.177. The van der Waals surface area contributed by atoms with Gasteiger partial charge in [0.25, 0.3) is 5.92 Å². The van der Waals surface area contributed by atoms with E-state index in [1.807, 2.05) is 27.7 Å². The molecule has 0 saturated carbocycles. The largest absolute Gasteiger partial charge is 0.462 e. The lowest BCUT2D eigenvalue weighted by molar-refractivity contribution is -0.150. The van der Waals surface area contributed by atoms with E-state index in [1.54, 1.807) is 39.0 Å². The SMILES string of the molecule is C=C/C=C(\C=C/C)OP(NC(C(=O)OC(C)C)C(C)C)OCC1CC(F)(F)C(N(C)/C=C\C(=NC)NC=O)O1.CC. The lowest BCUT2D eigenvalue weighted by Crippen LogP contribution is -2.41. The van der Waals surface area contributed by atoms with Crippen LogP contribution in [0.2, 0.25) is 0 Å².